The van der Waals surface area contributed by atoms with Crippen molar-refractivity contribution in [3.8, 4) is 0 Å². The fourth-order valence-electron chi connectivity index (χ4n) is 3.42. The molecule has 2 fully saturated rings. The Morgan fingerprint density at radius 2 is 1.06 bits per heavy atom. The molecule has 6 nitrogen and oxygen atoms in total. The maximum absolute atomic E-state index is 11.4. The Balaban J connectivity index is 0.000000181. The van der Waals surface area contributed by atoms with Crippen LogP contribution >= 0.6 is 23.2 Å². The monoisotopic (exact) mass is 478 g/mol. The van der Waals surface area contributed by atoms with Crippen molar-refractivity contribution >= 4 is 35.0 Å². The van der Waals surface area contributed by atoms with Gasteiger partial charge in [-0.1, -0.05) is 47.5 Å². The summed E-state index contributed by atoms with van der Waals surface area (Å²) in [5, 5.41) is 7.31. The molecule has 2 N–H and O–H groups in total. The molecular weight excluding hydrogens is 451 g/mol. The number of hydrogen-bond acceptors (Lipinski definition) is 4. The Morgan fingerprint density at radius 3 is 1.38 bits per heavy atom. The number of benzene rings is 2. The van der Waals surface area contributed by atoms with Gasteiger partial charge in [-0.3, -0.25) is 9.59 Å². The summed E-state index contributed by atoms with van der Waals surface area (Å²) in [6, 6.07) is 15.4. The third-order valence-electron chi connectivity index (χ3n) is 5.32. The van der Waals surface area contributed by atoms with Crippen LogP contribution in [-0.4, -0.2) is 49.3 Å². The molecule has 4 atom stereocenters. The number of morpholine rings is 2. The number of amides is 2. The SMILES string of the molecule is C[C@@H]1OC[C@H](Cc2ccc(Cl)cc2)NC1=O.C[C@H]1OC[C@H](Cc2ccc(Cl)cc2)NC1=O. The van der Waals surface area contributed by atoms with Crippen molar-refractivity contribution in [2.75, 3.05) is 13.2 Å². The van der Waals surface area contributed by atoms with E-state index in [9.17, 15) is 9.59 Å². The van der Waals surface area contributed by atoms with E-state index in [1.165, 1.54) is 0 Å². The second kappa shape index (κ2) is 11.7. The van der Waals surface area contributed by atoms with Crippen molar-refractivity contribution in [3.63, 3.8) is 0 Å². The first kappa shape index (κ1) is 24.5. The van der Waals surface area contributed by atoms with Crippen LogP contribution in [0.1, 0.15) is 25.0 Å². The maximum atomic E-state index is 11.4. The number of ether oxygens (including phenoxy) is 2. The van der Waals surface area contributed by atoms with E-state index >= 15 is 0 Å². The Hall–Kier alpha value is -2.12. The summed E-state index contributed by atoms with van der Waals surface area (Å²) in [4.78, 5) is 22.8. The maximum Gasteiger partial charge on any atom is 0.249 e. The number of halogens is 2. The zero-order chi connectivity index (χ0) is 23.1. The van der Waals surface area contributed by atoms with Gasteiger partial charge in [-0.25, -0.2) is 0 Å². The smallest absolute Gasteiger partial charge is 0.249 e. The Labute approximate surface area is 198 Å². The molecule has 4 rings (SSSR count). The molecule has 0 unspecified atom stereocenters. The lowest BCUT2D eigenvalue weighted by Gasteiger charge is -2.27. The normalized spacial score (nSPS) is 25.2. The van der Waals surface area contributed by atoms with Crippen LogP contribution in [-0.2, 0) is 31.9 Å². The van der Waals surface area contributed by atoms with Crippen LogP contribution in [0.5, 0.6) is 0 Å². The summed E-state index contributed by atoms with van der Waals surface area (Å²) in [5.74, 6) is -0.0737. The van der Waals surface area contributed by atoms with Gasteiger partial charge in [0.05, 0.1) is 25.3 Å². The second-order valence-electron chi connectivity index (χ2n) is 8.02. The molecule has 8 heteroatoms. The van der Waals surface area contributed by atoms with Crippen molar-refractivity contribution in [2.24, 2.45) is 0 Å². The average Bonchev–Trinajstić information content (AvgIpc) is 2.77. The predicted octanol–water partition coefficient (Wildman–Crippen LogP) is 3.57. The average molecular weight is 479 g/mol. The standard InChI is InChI=1S/2C12H14ClNO2/c2*1-8-12(15)14-11(7-16-8)6-9-2-4-10(13)5-3-9/h2*2-5,8,11H,6-7H2,1H3,(H,14,15)/t8-,11+;8-,11-/m10/s1. The Bertz CT molecular complexity index is 830. The van der Waals surface area contributed by atoms with Gasteiger partial charge in [0.15, 0.2) is 0 Å². The van der Waals surface area contributed by atoms with Crippen LogP contribution in [0, 0.1) is 0 Å². The van der Waals surface area contributed by atoms with Crippen molar-refractivity contribution in [2.45, 2.75) is 51.0 Å². The molecule has 0 aromatic heterocycles. The molecule has 2 saturated heterocycles. The molecule has 0 radical (unpaired) electrons. The molecule has 2 aromatic rings. The Morgan fingerprint density at radius 1 is 0.719 bits per heavy atom. The first-order valence-electron chi connectivity index (χ1n) is 10.6. The predicted molar refractivity (Wildman–Crippen MR) is 125 cm³/mol. The van der Waals surface area contributed by atoms with Gasteiger partial charge in [0, 0.05) is 10.0 Å². The quantitative estimate of drug-likeness (QED) is 0.703. The molecule has 2 aliphatic rings. The van der Waals surface area contributed by atoms with E-state index in [0.29, 0.717) is 13.2 Å². The summed E-state index contributed by atoms with van der Waals surface area (Å²) in [5.41, 5.74) is 2.29. The molecule has 32 heavy (non-hydrogen) atoms. The van der Waals surface area contributed by atoms with Crippen molar-refractivity contribution < 1.29 is 19.1 Å². The highest BCUT2D eigenvalue weighted by molar-refractivity contribution is 6.30. The highest BCUT2D eigenvalue weighted by atomic mass is 35.5. The highest BCUT2D eigenvalue weighted by Gasteiger charge is 2.25. The number of rotatable bonds is 4. The minimum absolute atomic E-state index is 0.0368. The molecule has 2 amide bonds. The summed E-state index contributed by atoms with van der Waals surface area (Å²) in [6.45, 7) is 4.65. The number of carbonyl (C=O) groups excluding carboxylic acids is 2. The van der Waals surface area contributed by atoms with E-state index in [0.717, 1.165) is 34.0 Å². The van der Waals surface area contributed by atoms with Gasteiger partial charge in [0.1, 0.15) is 12.2 Å². The molecule has 172 valence electrons. The lowest BCUT2D eigenvalue weighted by molar-refractivity contribution is -0.139. The number of nitrogens with one attached hydrogen (secondary N) is 2. The van der Waals surface area contributed by atoms with Crippen LogP contribution in [0.3, 0.4) is 0 Å². The molecule has 2 heterocycles. The summed E-state index contributed by atoms with van der Waals surface area (Å²) in [7, 11) is 0. The van der Waals surface area contributed by atoms with Crippen LogP contribution in [0.4, 0.5) is 0 Å². The molecule has 0 saturated carbocycles. The van der Waals surface area contributed by atoms with E-state index < -0.39 is 0 Å². The van der Waals surface area contributed by atoms with Crippen molar-refractivity contribution in [3.05, 3.63) is 69.7 Å². The first-order valence-corrected chi connectivity index (χ1v) is 11.4. The van der Waals surface area contributed by atoms with Gasteiger partial charge >= 0.3 is 0 Å². The minimum atomic E-state index is -0.332. The molecule has 2 aliphatic heterocycles. The van der Waals surface area contributed by atoms with E-state index in [-0.39, 0.29) is 36.1 Å². The van der Waals surface area contributed by atoms with Crippen LogP contribution in [0.2, 0.25) is 10.0 Å². The second-order valence-corrected chi connectivity index (χ2v) is 8.90. The molecule has 0 spiro atoms. The van der Waals surface area contributed by atoms with E-state index in [2.05, 4.69) is 10.6 Å². The fraction of sp³-hybridized carbons (Fsp3) is 0.417. The van der Waals surface area contributed by atoms with Crippen LogP contribution < -0.4 is 10.6 Å². The van der Waals surface area contributed by atoms with Crippen molar-refractivity contribution in [1.82, 2.24) is 10.6 Å². The van der Waals surface area contributed by atoms with Crippen molar-refractivity contribution in [1.29, 1.82) is 0 Å². The van der Waals surface area contributed by atoms with Crippen LogP contribution in [0.15, 0.2) is 48.5 Å². The van der Waals surface area contributed by atoms with Gasteiger partial charge in [-0.15, -0.1) is 0 Å². The highest BCUT2D eigenvalue weighted by Crippen LogP contribution is 2.14. The topological polar surface area (TPSA) is 76.7 Å². The number of hydrogen-bond donors (Lipinski definition) is 2. The van der Waals surface area contributed by atoms with Crippen LogP contribution in [0.25, 0.3) is 0 Å². The third kappa shape index (κ3) is 7.48. The molecule has 2 aromatic carbocycles. The zero-order valence-corrected chi connectivity index (χ0v) is 19.7. The Kier molecular flexibility index (Phi) is 8.93. The first-order chi connectivity index (χ1) is 15.3. The molecule has 0 bridgehead atoms. The third-order valence-corrected chi connectivity index (χ3v) is 5.82. The van der Waals surface area contributed by atoms with E-state index in [4.69, 9.17) is 32.7 Å². The largest absolute Gasteiger partial charge is 0.367 e. The number of carbonyl (C=O) groups is 2. The van der Waals surface area contributed by atoms with Gasteiger partial charge in [0.2, 0.25) is 11.8 Å². The lowest BCUT2D eigenvalue weighted by atomic mass is 10.1. The van der Waals surface area contributed by atoms with Gasteiger partial charge in [0.25, 0.3) is 0 Å². The van der Waals surface area contributed by atoms with Gasteiger partial charge < -0.3 is 20.1 Å². The van der Waals surface area contributed by atoms with Gasteiger partial charge in [-0.2, -0.15) is 0 Å². The van der Waals surface area contributed by atoms with E-state index in [1.807, 2.05) is 48.5 Å². The minimum Gasteiger partial charge on any atom is -0.367 e. The lowest BCUT2D eigenvalue weighted by Crippen LogP contribution is -2.50. The summed E-state index contributed by atoms with van der Waals surface area (Å²) in [6.07, 6.45) is 0.883. The van der Waals surface area contributed by atoms with Gasteiger partial charge in [-0.05, 0) is 62.1 Å². The van der Waals surface area contributed by atoms with E-state index in [1.54, 1.807) is 13.8 Å². The molecular formula is C24H28Cl2N2O4. The zero-order valence-electron chi connectivity index (χ0n) is 18.1. The molecule has 0 aliphatic carbocycles. The summed E-state index contributed by atoms with van der Waals surface area (Å²) >= 11 is 11.6. The summed E-state index contributed by atoms with van der Waals surface area (Å²) < 4.78 is 10.7. The fourth-order valence-corrected chi connectivity index (χ4v) is 3.67.